The Balaban J connectivity index is 1.56. The van der Waals surface area contributed by atoms with E-state index in [2.05, 4.69) is 5.10 Å². The predicted molar refractivity (Wildman–Crippen MR) is 116 cm³/mol. The van der Waals surface area contributed by atoms with Crippen molar-refractivity contribution in [1.82, 2.24) is 9.78 Å². The predicted octanol–water partition coefficient (Wildman–Crippen LogP) is 4.75. The maximum atomic E-state index is 13.3. The van der Waals surface area contributed by atoms with Crippen molar-refractivity contribution in [2.45, 2.75) is 13.1 Å². The lowest BCUT2D eigenvalue weighted by molar-refractivity contribution is -0.385. The maximum absolute atomic E-state index is 13.3. The Labute approximate surface area is 177 Å². The van der Waals surface area contributed by atoms with Gasteiger partial charge in [-0.3, -0.25) is 19.6 Å². The molecule has 4 aromatic rings. The molecule has 0 bridgehead atoms. The fraction of sp³-hybridized carbons (Fsp3) is 0.0909. The van der Waals surface area contributed by atoms with E-state index in [0.717, 1.165) is 16.8 Å². The highest BCUT2D eigenvalue weighted by Gasteiger charge is 2.20. The van der Waals surface area contributed by atoms with Crippen molar-refractivity contribution in [3.05, 3.63) is 111 Å². The number of amides is 1. The van der Waals surface area contributed by atoms with Gasteiger partial charge < -0.3 is 4.90 Å². The van der Waals surface area contributed by atoms with Gasteiger partial charge in [0.25, 0.3) is 5.91 Å². The number of anilines is 1. The van der Waals surface area contributed by atoms with Gasteiger partial charge in [-0.05, 0) is 34.7 Å². The van der Waals surface area contributed by atoms with Gasteiger partial charge in [0.15, 0.2) is 0 Å². The molecule has 0 fully saturated rings. The second-order valence-corrected chi connectivity index (χ2v) is 7.60. The molecule has 0 atom stereocenters. The summed E-state index contributed by atoms with van der Waals surface area (Å²) in [7, 11) is 0. The highest BCUT2D eigenvalue weighted by molar-refractivity contribution is 7.12. The van der Waals surface area contributed by atoms with E-state index in [1.54, 1.807) is 4.90 Å². The van der Waals surface area contributed by atoms with Crippen LogP contribution in [0.25, 0.3) is 0 Å². The molecular formula is C22H18N4O3S. The molecule has 2 heterocycles. The topological polar surface area (TPSA) is 81.3 Å². The molecule has 150 valence electrons. The number of carbonyl (C=O) groups excluding carboxylic acids is 1. The van der Waals surface area contributed by atoms with E-state index in [0.29, 0.717) is 18.0 Å². The molecule has 0 N–H and O–H groups in total. The summed E-state index contributed by atoms with van der Waals surface area (Å²) < 4.78 is 1.49. The van der Waals surface area contributed by atoms with Crippen LogP contribution in [0.3, 0.4) is 0 Å². The summed E-state index contributed by atoms with van der Waals surface area (Å²) >= 11 is 1.36. The highest BCUT2D eigenvalue weighted by atomic mass is 32.1. The molecule has 0 saturated carbocycles. The summed E-state index contributed by atoms with van der Waals surface area (Å²) in [6, 6.07) is 21.2. The van der Waals surface area contributed by atoms with Gasteiger partial charge in [-0.25, -0.2) is 0 Å². The van der Waals surface area contributed by atoms with Crippen molar-refractivity contribution in [3.63, 3.8) is 0 Å². The number of nitrogens with zero attached hydrogens (tertiary/aromatic N) is 4. The zero-order valence-electron chi connectivity index (χ0n) is 15.9. The molecule has 0 aliphatic rings. The van der Waals surface area contributed by atoms with Crippen LogP contribution in [0, 0.1) is 10.1 Å². The molecule has 30 heavy (non-hydrogen) atoms. The van der Waals surface area contributed by atoms with Gasteiger partial charge >= 0.3 is 5.69 Å². The molecule has 7 nitrogen and oxygen atoms in total. The molecule has 2 aromatic heterocycles. The molecule has 0 radical (unpaired) electrons. The van der Waals surface area contributed by atoms with Crippen LogP contribution < -0.4 is 4.90 Å². The lowest BCUT2D eigenvalue weighted by atomic mass is 10.2. The van der Waals surface area contributed by atoms with Gasteiger partial charge in [-0.15, -0.1) is 11.3 Å². The van der Waals surface area contributed by atoms with Gasteiger partial charge in [0, 0.05) is 5.69 Å². The summed E-state index contributed by atoms with van der Waals surface area (Å²) in [5.74, 6) is -0.0900. The monoisotopic (exact) mass is 418 g/mol. The van der Waals surface area contributed by atoms with E-state index in [-0.39, 0.29) is 11.6 Å². The van der Waals surface area contributed by atoms with Gasteiger partial charge in [-0.2, -0.15) is 5.10 Å². The number of thiophene rings is 1. The molecule has 1 amide bonds. The van der Waals surface area contributed by atoms with E-state index in [9.17, 15) is 14.9 Å². The van der Waals surface area contributed by atoms with E-state index < -0.39 is 4.92 Å². The number of nitro groups is 1. The number of carbonyl (C=O) groups is 1. The van der Waals surface area contributed by atoms with Gasteiger partial charge in [0.05, 0.1) is 22.9 Å². The van der Waals surface area contributed by atoms with Crippen molar-refractivity contribution < 1.29 is 9.72 Å². The molecule has 0 spiro atoms. The SMILES string of the molecule is O=C(c1cc(Cn2cc([N+](=O)[O-])cn2)cs1)N(Cc1ccccc1)c1ccccc1. The lowest BCUT2D eigenvalue weighted by Crippen LogP contribution is -2.29. The number of hydrogen-bond donors (Lipinski definition) is 0. The Hall–Kier alpha value is -3.78. The summed E-state index contributed by atoms with van der Waals surface area (Å²) in [5, 5.41) is 16.7. The second-order valence-electron chi connectivity index (χ2n) is 6.68. The Morgan fingerprint density at radius 2 is 1.77 bits per heavy atom. The third-order valence-corrected chi connectivity index (χ3v) is 5.50. The molecule has 4 rings (SSSR count). The first-order valence-electron chi connectivity index (χ1n) is 9.25. The fourth-order valence-corrected chi connectivity index (χ4v) is 3.93. The van der Waals surface area contributed by atoms with E-state index in [4.69, 9.17) is 0 Å². The number of aromatic nitrogens is 2. The zero-order valence-corrected chi connectivity index (χ0v) is 16.7. The molecule has 8 heteroatoms. The number of para-hydroxylation sites is 1. The molecule has 0 aliphatic carbocycles. The summed E-state index contributed by atoms with van der Waals surface area (Å²) in [6.45, 7) is 0.823. The summed E-state index contributed by atoms with van der Waals surface area (Å²) in [5.41, 5.74) is 2.67. The van der Waals surface area contributed by atoms with E-state index in [1.165, 1.54) is 28.4 Å². The first-order chi connectivity index (χ1) is 14.6. The first-order valence-corrected chi connectivity index (χ1v) is 10.1. The average Bonchev–Trinajstić information content (AvgIpc) is 3.43. The largest absolute Gasteiger partial charge is 0.307 e. The van der Waals surface area contributed by atoms with Gasteiger partial charge in [0.1, 0.15) is 12.4 Å². The van der Waals surface area contributed by atoms with Crippen LogP contribution in [0.1, 0.15) is 20.8 Å². The Morgan fingerprint density at radius 1 is 1.07 bits per heavy atom. The van der Waals surface area contributed by atoms with Crippen LogP contribution >= 0.6 is 11.3 Å². The minimum absolute atomic E-state index is 0.0559. The quantitative estimate of drug-likeness (QED) is 0.320. The van der Waals surface area contributed by atoms with E-state index >= 15 is 0 Å². The number of rotatable bonds is 7. The third kappa shape index (κ3) is 4.44. The zero-order chi connectivity index (χ0) is 20.9. The number of hydrogen-bond acceptors (Lipinski definition) is 5. The van der Waals surface area contributed by atoms with Crippen molar-refractivity contribution in [1.29, 1.82) is 0 Å². The Bertz CT molecular complexity index is 1160. The molecule has 2 aromatic carbocycles. The molecule has 0 saturated heterocycles. The van der Waals surface area contributed by atoms with Crippen LogP contribution in [0.2, 0.25) is 0 Å². The Kier molecular flexibility index (Phi) is 5.67. The van der Waals surface area contributed by atoms with Crippen LogP contribution in [-0.2, 0) is 13.1 Å². The minimum atomic E-state index is -0.479. The second kappa shape index (κ2) is 8.71. The fourth-order valence-electron chi connectivity index (χ4n) is 3.08. The molecule has 0 aliphatic heterocycles. The normalized spacial score (nSPS) is 10.7. The van der Waals surface area contributed by atoms with Crippen molar-refractivity contribution >= 4 is 28.6 Å². The third-order valence-electron chi connectivity index (χ3n) is 4.54. The summed E-state index contributed by atoms with van der Waals surface area (Å²) in [4.78, 5) is 26.0. The van der Waals surface area contributed by atoms with Gasteiger partial charge in [-0.1, -0.05) is 48.5 Å². The van der Waals surface area contributed by atoms with Crippen LogP contribution in [0.4, 0.5) is 11.4 Å². The lowest BCUT2D eigenvalue weighted by Gasteiger charge is -2.22. The summed E-state index contributed by atoms with van der Waals surface area (Å²) in [6.07, 6.45) is 2.60. The average molecular weight is 418 g/mol. The van der Waals surface area contributed by atoms with Crippen LogP contribution in [0.5, 0.6) is 0 Å². The first kappa shape index (κ1) is 19.5. The van der Waals surface area contributed by atoms with Crippen molar-refractivity contribution in [2.24, 2.45) is 0 Å². The molecular weight excluding hydrogens is 400 g/mol. The van der Waals surface area contributed by atoms with Gasteiger partial charge in [0.2, 0.25) is 0 Å². The number of benzene rings is 2. The van der Waals surface area contributed by atoms with Crippen molar-refractivity contribution in [3.8, 4) is 0 Å². The standard InChI is InChI=1S/C22H18N4O3S/c27-22(21-11-18(16-30-21)13-24-15-20(12-23-24)26(28)29)25(19-9-5-2-6-10-19)14-17-7-3-1-4-8-17/h1-12,15-16H,13-14H2. The van der Waals surface area contributed by atoms with Crippen molar-refractivity contribution in [2.75, 3.05) is 4.90 Å². The van der Waals surface area contributed by atoms with Crippen LogP contribution in [0.15, 0.2) is 84.5 Å². The Morgan fingerprint density at radius 3 is 2.43 bits per heavy atom. The maximum Gasteiger partial charge on any atom is 0.307 e. The van der Waals surface area contributed by atoms with E-state index in [1.807, 2.05) is 72.1 Å². The minimum Gasteiger partial charge on any atom is -0.303 e. The van der Waals surface area contributed by atoms with Crippen LogP contribution in [-0.4, -0.2) is 20.6 Å². The smallest absolute Gasteiger partial charge is 0.303 e. The highest BCUT2D eigenvalue weighted by Crippen LogP contribution is 2.24. The molecule has 0 unspecified atom stereocenters.